The van der Waals surface area contributed by atoms with Gasteiger partial charge in [-0.15, -0.1) is 0 Å². The molecule has 0 radical (unpaired) electrons. The Hall–Kier alpha value is -3.19. The van der Waals surface area contributed by atoms with Crippen molar-refractivity contribution in [1.29, 1.82) is 0 Å². The molecule has 0 aliphatic carbocycles. The van der Waals surface area contributed by atoms with Gasteiger partial charge < -0.3 is 5.32 Å². The number of nitrogens with zero attached hydrogens (tertiary/aromatic N) is 2. The van der Waals surface area contributed by atoms with Gasteiger partial charge in [0, 0.05) is 29.4 Å². The fraction of sp³-hybridized carbons (Fsp3) is 0.200. The molecule has 1 N–H and O–H groups in total. The maximum atomic E-state index is 12.9. The van der Waals surface area contributed by atoms with Crippen LogP contribution in [0.25, 0.3) is 5.57 Å². The number of nitro benzene ring substituents is 1. The van der Waals surface area contributed by atoms with Gasteiger partial charge >= 0.3 is 0 Å². The van der Waals surface area contributed by atoms with Gasteiger partial charge in [0.25, 0.3) is 17.5 Å². The number of nitro groups is 1. The summed E-state index contributed by atoms with van der Waals surface area (Å²) in [5.41, 5.74) is 2.12. The minimum atomic E-state index is -0.517. The molecule has 3 rings (SSSR count). The number of hydrogen-bond donors (Lipinski definition) is 1. The lowest BCUT2D eigenvalue weighted by molar-refractivity contribution is -0.384. The number of non-ortho nitro benzene ring substituents is 1. The van der Waals surface area contributed by atoms with Crippen LogP contribution in [-0.4, -0.2) is 28.2 Å². The topological polar surface area (TPSA) is 92.6 Å². The molecule has 0 saturated carbocycles. The lowest BCUT2D eigenvalue weighted by Gasteiger charge is -2.14. The summed E-state index contributed by atoms with van der Waals surface area (Å²) >= 11 is 6.16. The summed E-state index contributed by atoms with van der Waals surface area (Å²) in [4.78, 5) is 37.3. The van der Waals surface area contributed by atoms with E-state index in [4.69, 9.17) is 11.6 Å². The first-order valence-corrected chi connectivity index (χ1v) is 9.09. The fourth-order valence-electron chi connectivity index (χ4n) is 2.95. The summed E-state index contributed by atoms with van der Waals surface area (Å²) in [6, 6.07) is 10.8. The van der Waals surface area contributed by atoms with Crippen molar-refractivity contribution >= 4 is 40.4 Å². The number of hydrogen-bond acceptors (Lipinski definition) is 5. The van der Waals surface area contributed by atoms with Gasteiger partial charge in [-0.05, 0) is 48.7 Å². The third-order valence-corrected chi connectivity index (χ3v) is 4.83. The first kappa shape index (κ1) is 19.6. The van der Waals surface area contributed by atoms with Crippen LogP contribution in [-0.2, 0) is 9.59 Å². The zero-order valence-electron chi connectivity index (χ0n) is 15.4. The van der Waals surface area contributed by atoms with E-state index < -0.39 is 16.7 Å². The first-order valence-electron chi connectivity index (χ1n) is 8.72. The molecule has 0 aromatic heterocycles. The summed E-state index contributed by atoms with van der Waals surface area (Å²) in [6.45, 7) is 4.02. The third kappa shape index (κ3) is 3.61. The Morgan fingerprint density at radius 1 is 1.11 bits per heavy atom. The Balaban J connectivity index is 2.07. The van der Waals surface area contributed by atoms with Crippen LogP contribution < -0.4 is 5.32 Å². The summed E-state index contributed by atoms with van der Waals surface area (Å²) in [7, 11) is 0. The van der Waals surface area contributed by atoms with E-state index >= 15 is 0 Å². The molecule has 0 spiro atoms. The van der Waals surface area contributed by atoms with Gasteiger partial charge in [0.1, 0.15) is 5.70 Å². The lowest BCUT2D eigenvalue weighted by Crippen LogP contribution is -2.33. The predicted molar refractivity (Wildman–Crippen MR) is 107 cm³/mol. The number of aryl methyl sites for hydroxylation is 1. The maximum absolute atomic E-state index is 12.9. The molecule has 1 aliphatic heterocycles. The molecule has 0 saturated heterocycles. The fourth-order valence-corrected chi connectivity index (χ4v) is 3.13. The molecule has 1 heterocycles. The van der Waals surface area contributed by atoms with Crippen LogP contribution in [0.4, 0.5) is 11.4 Å². The SMILES string of the molecule is CCCN1C(=O)C(Nc2ccc(C)c(Cl)c2)=C(c2ccc([N+](=O)[O-])cc2)C1=O. The number of anilines is 1. The molecule has 1 aliphatic rings. The lowest BCUT2D eigenvalue weighted by atomic mass is 10.0. The van der Waals surface area contributed by atoms with E-state index in [-0.39, 0.29) is 23.5 Å². The molecule has 8 heteroatoms. The Bertz CT molecular complexity index is 999. The number of amides is 2. The summed E-state index contributed by atoms with van der Waals surface area (Å²) in [5.74, 6) is -0.863. The highest BCUT2D eigenvalue weighted by Crippen LogP contribution is 2.32. The summed E-state index contributed by atoms with van der Waals surface area (Å²) < 4.78 is 0. The standard InChI is InChI=1S/C20H18ClN3O4/c1-3-10-23-19(25)17(13-5-8-15(9-6-13)24(27)28)18(20(23)26)22-14-7-4-12(2)16(21)11-14/h4-9,11,22H,3,10H2,1-2H3. The Kier molecular flexibility index (Phi) is 5.46. The number of imide groups is 1. The third-order valence-electron chi connectivity index (χ3n) is 4.42. The van der Waals surface area contributed by atoms with E-state index in [1.165, 1.54) is 29.2 Å². The van der Waals surface area contributed by atoms with E-state index in [9.17, 15) is 19.7 Å². The zero-order valence-corrected chi connectivity index (χ0v) is 16.1. The summed E-state index contributed by atoms with van der Waals surface area (Å²) in [5, 5.41) is 14.4. The molecule has 2 amide bonds. The quantitative estimate of drug-likeness (QED) is 0.447. The van der Waals surface area contributed by atoms with E-state index in [0.29, 0.717) is 22.7 Å². The van der Waals surface area contributed by atoms with Gasteiger partial charge in [-0.3, -0.25) is 24.6 Å². The van der Waals surface area contributed by atoms with Crippen molar-refractivity contribution in [2.24, 2.45) is 0 Å². The molecule has 28 heavy (non-hydrogen) atoms. The monoisotopic (exact) mass is 399 g/mol. The second-order valence-corrected chi connectivity index (χ2v) is 6.81. The molecular formula is C20H18ClN3O4. The van der Waals surface area contributed by atoms with Crippen molar-refractivity contribution in [3.8, 4) is 0 Å². The second kappa shape index (κ2) is 7.82. The average Bonchev–Trinajstić information content (AvgIpc) is 2.89. The Morgan fingerprint density at radius 2 is 1.79 bits per heavy atom. The van der Waals surface area contributed by atoms with Crippen molar-refractivity contribution in [1.82, 2.24) is 4.90 Å². The number of nitrogens with one attached hydrogen (secondary N) is 1. The van der Waals surface area contributed by atoms with Gasteiger partial charge in [0.15, 0.2) is 0 Å². The van der Waals surface area contributed by atoms with Crippen molar-refractivity contribution in [2.45, 2.75) is 20.3 Å². The van der Waals surface area contributed by atoms with Gasteiger partial charge in [-0.1, -0.05) is 24.6 Å². The smallest absolute Gasteiger partial charge is 0.278 e. The van der Waals surface area contributed by atoms with E-state index in [1.807, 2.05) is 19.9 Å². The summed E-state index contributed by atoms with van der Waals surface area (Å²) in [6.07, 6.45) is 0.620. The van der Waals surface area contributed by atoms with Gasteiger partial charge in [-0.2, -0.15) is 0 Å². The highest BCUT2D eigenvalue weighted by molar-refractivity contribution is 6.36. The predicted octanol–water partition coefficient (Wildman–Crippen LogP) is 4.16. The van der Waals surface area contributed by atoms with Crippen LogP contribution in [0.1, 0.15) is 24.5 Å². The van der Waals surface area contributed by atoms with E-state index in [1.54, 1.807) is 12.1 Å². The average molecular weight is 400 g/mol. The van der Waals surface area contributed by atoms with Crippen LogP contribution >= 0.6 is 11.6 Å². The van der Waals surface area contributed by atoms with Crippen molar-refractivity contribution in [2.75, 3.05) is 11.9 Å². The number of halogens is 1. The van der Waals surface area contributed by atoms with Gasteiger partial charge in [0.05, 0.1) is 10.5 Å². The number of carbonyl (C=O) groups is 2. The van der Waals surface area contributed by atoms with Crippen LogP contribution in [0.3, 0.4) is 0 Å². The van der Waals surface area contributed by atoms with Crippen molar-refractivity contribution in [3.63, 3.8) is 0 Å². The number of benzene rings is 2. The highest BCUT2D eigenvalue weighted by Gasteiger charge is 2.38. The highest BCUT2D eigenvalue weighted by atomic mass is 35.5. The molecule has 144 valence electrons. The zero-order chi connectivity index (χ0) is 20.4. The molecule has 0 unspecified atom stereocenters. The number of rotatable bonds is 6. The van der Waals surface area contributed by atoms with E-state index in [0.717, 1.165) is 5.56 Å². The maximum Gasteiger partial charge on any atom is 0.278 e. The molecular weight excluding hydrogens is 382 g/mol. The van der Waals surface area contributed by atoms with Crippen molar-refractivity contribution in [3.05, 3.63) is 74.4 Å². The minimum Gasteiger partial charge on any atom is -0.350 e. The van der Waals surface area contributed by atoms with Crippen LogP contribution in [0.5, 0.6) is 0 Å². The van der Waals surface area contributed by atoms with Crippen LogP contribution in [0, 0.1) is 17.0 Å². The minimum absolute atomic E-state index is 0.0913. The second-order valence-electron chi connectivity index (χ2n) is 6.40. The Labute approximate surface area is 166 Å². The normalized spacial score (nSPS) is 14.0. The molecule has 7 nitrogen and oxygen atoms in total. The first-order chi connectivity index (χ1) is 13.3. The largest absolute Gasteiger partial charge is 0.350 e. The Morgan fingerprint density at radius 3 is 2.36 bits per heavy atom. The van der Waals surface area contributed by atoms with E-state index in [2.05, 4.69) is 5.32 Å². The molecule has 0 atom stereocenters. The van der Waals surface area contributed by atoms with Gasteiger partial charge in [-0.25, -0.2) is 0 Å². The molecule has 0 bridgehead atoms. The molecule has 0 fully saturated rings. The molecule has 2 aromatic rings. The number of carbonyl (C=O) groups excluding carboxylic acids is 2. The van der Waals surface area contributed by atoms with Gasteiger partial charge in [0.2, 0.25) is 0 Å². The van der Waals surface area contributed by atoms with Crippen LogP contribution in [0.15, 0.2) is 48.2 Å². The van der Waals surface area contributed by atoms with Crippen molar-refractivity contribution < 1.29 is 14.5 Å². The van der Waals surface area contributed by atoms with Crippen LogP contribution in [0.2, 0.25) is 5.02 Å². The molecule has 2 aromatic carbocycles.